The molecule has 0 fully saturated rings. The number of para-hydroxylation sites is 1. The number of furan rings is 1. The quantitative estimate of drug-likeness (QED) is 0.114. The van der Waals surface area contributed by atoms with Gasteiger partial charge >= 0.3 is 0 Å². The van der Waals surface area contributed by atoms with Crippen molar-refractivity contribution in [2.24, 2.45) is 5.73 Å². The molecule has 0 amide bonds. The van der Waals surface area contributed by atoms with E-state index in [9.17, 15) is 0 Å². The van der Waals surface area contributed by atoms with Crippen molar-refractivity contribution in [3.63, 3.8) is 0 Å². The van der Waals surface area contributed by atoms with E-state index in [0.717, 1.165) is 66.6 Å². The van der Waals surface area contributed by atoms with E-state index in [1.54, 1.807) is 0 Å². The summed E-state index contributed by atoms with van der Waals surface area (Å²) < 4.78 is 9.28. The van der Waals surface area contributed by atoms with E-state index in [0.29, 0.717) is 0 Å². The second-order valence-electron chi connectivity index (χ2n) is 16.1. The fraction of sp³-hybridized carbons (Fsp3) is 0.0345. The summed E-state index contributed by atoms with van der Waals surface area (Å²) in [6.07, 6.45) is -0.794. The van der Waals surface area contributed by atoms with Gasteiger partial charge in [0.15, 0.2) is 5.58 Å². The Morgan fingerprint density at radius 1 is 0.476 bits per heavy atom. The minimum absolute atomic E-state index is 0.360. The Labute approximate surface area is 366 Å². The van der Waals surface area contributed by atoms with Crippen LogP contribution in [0, 0.1) is 0 Å². The second-order valence-corrected chi connectivity index (χ2v) is 16.1. The highest BCUT2D eigenvalue weighted by atomic mass is 16.3. The predicted molar refractivity (Wildman–Crippen MR) is 262 cm³/mol. The van der Waals surface area contributed by atoms with Gasteiger partial charge in [-0.25, -0.2) is 0 Å². The third-order valence-corrected chi connectivity index (χ3v) is 12.2. The van der Waals surface area contributed by atoms with Crippen molar-refractivity contribution in [1.82, 2.24) is 15.2 Å². The first-order valence-electron chi connectivity index (χ1n) is 21.4. The van der Waals surface area contributed by atoms with Gasteiger partial charge in [-0.3, -0.25) is 5.32 Å². The Balaban J connectivity index is 1.02. The molecule has 2 unspecified atom stereocenters. The minimum atomic E-state index is -0.433. The molecule has 5 nitrogen and oxygen atoms in total. The van der Waals surface area contributed by atoms with Crippen molar-refractivity contribution in [1.29, 1.82) is 0 Å². The van der Waals surface area contributed by atoms with Gasteiger partial charge in [0.25, 0.3) is 0 Å². The zero-order valence-corrected chi connectivity index (χ0v) is 34.6. The fourth-order valence-electron chi connectivity index (χ4n) is 9.07. The molecule has 2 atom stereocenters. The Hall–Kier alpha value is -7.96. The van der Waals surface area contributed by atoms with E-state index in [1.165, 1.54) is 38.6 Å². The number of nitrogens with two attached hydrogens (primary N) is 1. The van der Waals surface area contributed by atoms with E-state index < -0.39 is 6.17 Å². The van der Waals surface area contributed by atoms with Gasteiger partial charge in [0.1, 0.15) is 11.7 Å². The lowest BCUT2D eigenvalue weighted by Crippen LogP contribution is -2.39. The Bertz CT molecular complexity index is 3310. The van der Waals surface area contributed by atoms with Crippen LogP contribution in [-0.2, 0) is 0 Å². The van der Waals surface area contributed by atoms with Crippen LogP contribution in [0.25, 0.3) is 88.5 Å². The summed E-state index contributed by atoms with van der Waals surface area (Å²) >= 11 is 0. The van der Waals surface area contributed by atoms with Crippen molar-refractivity contribution in [3.8, 4) is 39.1 Å². The minimum Gasteiger partial charge on any atom is -0.454 e. The Morgan fingerprint density at radius 3 is 1.57 bits per heavy atom. The molecule has 2 aromatic heterocycles. The molecule has 0 aliphatic rings. The molecule has 9 aromatic carbocycles. The summed E-state index contributed by atoms with van der Waals surface area (Å²) in [6.45, 7) is 4.65. The average molecular weight is 813 g/mol. The summed E-state index contributed by atoms with van der Waals surface area (Å²) in [6, 6.07) is 76.5. The van der Waals surface area contributed by atoms with Crippen molar-refractivity contribution >= 4 is 49.4 Å². The molecule has 4 N–H and O–H groups in total. The number of fused-ring (bicyclic) bond motifs is 6. The van der Waals surface area contributed by atoms with Crippen LogP contribution in [0.5, 0.6) is 0 Å². The van der Waals surface area contributed by atoms with Crippen molar-refractivity contribution in [2.75, 3.05) is 0 Å². The van der Waals surface area contributed by atoms with E-state index in [4.69, 9.17) is 10.2 Å². The largest absolute Gasteiger partial charge is 0.454 e. The molecular weight excluding hydrogens is 769 g/mol. The maximum Gasteiger partial charge on any atom is 0.159 e. The first-order chi connectivity index (χ1) is 31.1. The van der Waals surface area contributed by atoms with Gasteiger partial charge < -0.3 is 20.0 Å². The first-order valence-corrected chi connectivity index (χ1v) is 21.4. The van der Waals surface area contributed by atoms with Crippen LogP contribution >= 0.6 is 0 Å². The van der Waals surface area contributed by atoms with Gasteiger partial charge in [-0.2, -0.15) is 0 Å². The number of nitrogens with one attached hydrogen (secondary N) is 2. The summed E-state index contributed by atoms with van der Waals surface area (Å²) in [4.78, 5) is 0. The van der Waals surface area contributed by atoms with Crippen LogP contribution in [0.4, 0.5) is 0 Å². The highest BCUT2D eigenvalue weighted by Gasteiger charge is 2.23. The Kier molecular flexibility index (Phi) is 9.74. The zero-order valence-electron chi connectivity index (χ0n) is 34.6. The average Bonchev–Trinajstić information content (AvgIpc) is 3.90. The smallest absolute Gasteiger partial charge is 0.159 e. The lowest BCUT2D eigenvalue weighted by Gasteiger charge is -2.27. The lowest BCUT2D eigenvalue weighted by atomic mass is 10.0. The van der Waals surface area contributed by atoms with E-state index >= 15 is 0 Å². The van der Waals surface area contributed by atoms with E-state index in [1.807, 2.05) is 48.5 Å². The molecule has 0 bridgehead atoms. The summed E-state index contributed by atoms with van der Waals surface area (Å²) in [5.74, 6) is 0. The molecule has 0 spiro atoms. The van der Waals surface area contributed by atoms with Gasteiger partial charge in [-0.05, 0) is 80.9 Å². The second kappa shape index (κ2) is 16.1. The molecule has 11 rings (SSSR count). The van der Waals surface area contributed by atoms with Gasteiger partial charge in [-0.15, -0.1) is 0 Å². The van der Waals surface area contributed by atoms with E-state index in [2.05, 4.69) is 192 Å². The zero-order chi connectivity index (χ0) is 42.3. The third kappa shape index (κ3) is 7.05. The monoisotopic (exact) mass is 812 g/mol. The Morgan fingerprint density at radius 2 is 0.984 bits per heavy atom. The lowest BCUT2D eigenvalue weighted by molar-refractivity contribution is 0.428. The molecule has 0 saturated heterocycles. The van der Waals surface area contributed by atoms with Crippen molar-refractivity contribution < 1.29 is 4.42 Å². The van der Waals surface area contributed by atoms with Gasteiger partial charge in [-0.1, -0.05) is 189 Å². The fourth-order valence-corrected chi connectivity index (χ4v) is 9.07. The number of hydrogen-bond acceptors (Lipinski definition) is 4. The highest BCUT2D eigenvalue weighted by Crippen LogP contribution is 2.42. The standard InChI is InChI=1S/C58H44N4O/c1-38(60-58(61-57(59)43-22-12-5-13-23-43)44-30-28-42(29-31-44)39-16-6-2-7-17-39)47-24-15-27-54-55(47)48-25-14-26-53(56(48)63-54)62-51-34-32-45(40-18-8-3-9-19-40)36-49(51)50-37-46(33-35-52(50)62)41-20-10-4-11-21-41/h2-37,57-58,60-61H,1,59H2. The maximum absolute atomic E-state index is 6.92. The molecule has 5 heteroatoms. The molecular formula is C58H44N4O. The number of rotatable bonds is 11. The number of aromatic nitrogens is 1. The normalized spacial score (nSPS) is 12.5. The topological polar surface area (TPSA) is 68.2 Å². The maximum atomic E-state index is 6.92. The van der Waals surface area contributed by atoms with Crippen LogP contribution in [0.1, 0.15) is 29.0 Å². The molecule has 0 saturated carbocycles. The van der Waals surface area contributed by atoms with E-state index in [-0.39, 0.29) is 6.17 Å². The number of nitrogens with zero attached hydrogens (tertiary/aromatic N) is 1. The molecule has 0 aliphatic heterocycles. The molecule has 302 valence electrons. The third-order valence-electron chi connectivity index (χ3n) is 12.2. The highest BCUT2D eigenvalue weighted by molar-refractivity contribution is 6.15. The molecule has 11 aromatic rings. The van der Waals surface area contributed by atoms with Crippen LogP contribution < -0.4 is 16.4 Å². The molecule has 2 heterocycles. The molecule has 63 heavy (non-hydrogen) atoms. The molecule has 0 radical (unpaired) electrons. The van der Waals surface area contributed by atoms with Crippen molar-refractivity contribution in [3.05, 3.63) is 242 Å². The van der Waals surface area contributed by atoms with Gasteiger partial charge in [0.2, 0.25) is 0 Å². The van der Waals surface area contributed by atoms with Crippen LogP contribution in [0.15, 0.2) is 229 Å². The van der Waals surface area contributed by atoms with Gasteiger partial charge in [0, 0.05) is 32.8 Å². The molecule has 0 aliphatic carbocycles. The summed E-state index contributed by atoms with van der Waals surface area (Å²) in [5, 5.41) is 11.8. The van der Waals surface area contributed by atoms with Crippen molar-refractivity contribution in [2.45, 2.75) is 12.3 Å². The predicted octanol–water partition coefficient (Wildman–Crippen LogP) is 14.2. The summed E-state index contributed by atoms with van der Waals surface area (Å²) in [7, 11) is 0. The summed E-state index contributed by atoms with van der Waals surface area (Å²) in [5.41, 5.74) is 22.4. The number of benzene rings is 9. The number of hydrogen-bond donors (Lipinski definition) is 3. The van der Waals surface area contributed by atoms with Crippen LogP contribution in [0.3, 0.4) is 0 Å². The first kappa shape index (κ1) is 38.0. The van der Waals surface area contributed by atoms with Gasteiger partial charge in [0.05, 0.1) is 22.9 Å². The van der Waals surface area contributed by atoms with Crippen LogP contribution in [0.2, 0.25) is 0 Å². The van der Waals surface area contributed by atoms with Crippen LogP contribution in [-0.4, -0.2) is 4.57 Å². The SMILES string of the molecule is C=C(NC(NC(N)c1ccccc1)c1ccc(-c2ccccc2)cc1)c1cccc2oc3c(-n4c5ccc(-c6ccccc6)cc5c5cc(-c6ccccc6)ccc54)cccc3c12.